The molecule has 0 aromatic heterocycles. The van der Waals surface area contributed by atoms with Gasteiger partial charge in [0.25, 0.3) is 5.91 Å². The van der Waals surface area contributed by atoms with E-state index >= 15 is 0 Å². The molecule has 0 bridgehead atoms. The number of ketones is 1. The zero-order valence-electron chi connectivity index (χ0n) is 11.2. The van der Waals surface area contributed by atoms with Gasteiger partial charge < -0.3 is 5.32 Å². The van der Waals surface area contributed by atoms with E-state index in [2.05, 4.69) is 5.32 Å². The number of alkyl halides is 1. The van der Waals surface area contributed by atoms with Gasteiger partial charge in [0.1, 0.15) is 5.54 Å². The highest BCUT2D eigenvalue weighted by molar-refractivity contribution is 6.51. The minimum absolute atomic E-state index is 0.230. The third-order valence-electron chi connectivity index (χ3n) is 4.42. The summed E-state index contributed by atoms with van der Waals surface area (Å²) in [4.78, 5) is 23.7. The first-order valence-electron chi connectivity index (χ1n) is 6.92. The second-order valence-electron chi connectivity index (χ2n) is 5.71. The van der Waals surface area contributed by atoms with Gasteiger partial charge in [-0.1, -0.05) is 60.1 Å². The van der Waals surface area contributed by atoms with Crippen molar-refractivity contribution in [3.63, 3.8) is 0 Å². The SMILES string of the molecule is O=C1NC2(CCCCC2)C(=O)C1(Cl)c1ccc(Cl)cc1Cl. The van der Waals surface area contributed by atoms with Gasteiger partial charge in [-0.05, 0) is 25.0 Å². The highest BCUT2D eigenvalue weighted by Gasteiger charge is 2.62. The first kappa shape index (κ1) is 15.1. The monoisotopic (exact) mass is 345 g/mol. The number of nitrogens with one attached hydrogen (secondary N) is 1. The molecule has 1 aliphatic carbocycles. The van der Waals surface area contributed by atoms with Crippen LogP contribution >= 0.6 is 34.8 Å². The van der Waals surface area contributed by atoms with Crippen LogP contribution in [0.3, 0.4) is 0 Å². The third kappa shape index (κ3) is 2.18. The molecule has 2 fully saturated rings. The Kier molecular flexibility index (Phi) is 3.71. The van der Waals surface area contributed by atoms with Crippen molar-refractivity contribution in [3.8, 4) is 0 Å². The Bertz CT molecular complexity index is 625. The zero-order valence-corrected chi connectivity index (χ0v) is 13.5. The molecule has 1 saturated heterocycles. The van der Waals surface area contributed by atoms with E-state index in [4.69, 9.17) is 34.8 Å². The summed E-state index contributed by atoms with van der Waals surface area (Å²) in [5, 5.41) is 3.50. The minimum Gasteiger partial charge on any atom is -0.341 e. The van der Waals surface area contributed by atoms with E-state index in [9.17, 15) is 9.59 Å². The smallest absolute Gasteiger partial charge is 0.254 e. The van der Waals surface area contributed by atoms with Gasteiger partial charge in [-0.25, -0.2) is 0 Å². The van der Waals surface area contributed by atoms with Crippen molar-refractivity contribution in [2.45, 2.75) is 42.5 Å². The molecular weight excluding hydrogens is 333 g/mol. The molecule has 1 aromatic carbocycles. The van der Waals surface area contributed by atoms with Crippen LogP contribution < -0.4 is 5.32 Å². The summed E-state index contributed by atoms with van der Waals surface area (Å²) in [7, 11) is 0. The molecule has 21 heavy (non-hydrogen) atoms. The Labute approximate surface area is 137 Å². The maximum atomic E-state index is 12.9. The van der Waals surface area contributed by atoms with Crippen LogP contribution in [0.2, 0.25) is 10.0 Å². The quantitative estimate of drug-likeness (QED) is 0.620. The number of hydrogen-bond acceptors (Lipinski definition) is 2. The first-order valence-corrected chi connectivity index (χ1v) is 8.05. The summed E-state index contributed by atoms with van der Waals surface area (Å²) in [5.41, 5.74) is -0.528. The number of Topliss-reactive ketones (excluding diaryl/α,β-unsaturated/α-hetero) is 1. The number of halogens is 3. The summed E-state index contributed by atoms with van der Waals surface area (Å²) in [6, 6.07) is 4.63. The summed E-state index contributed by atoms with van der Waals surface area (Å²) in [5.74, 6) is -0.772. The van der Waals surface area contributed by atoms with Crippen LogP contribution in [-0.4, -0.2) is 17.2 Å². The van der Waals surface area contributed by atoms with E-state index in [1.54, 1.807) is 12.1 Å². The van der Waals surface area contributed by atoms with Gasteiger partial charge in [0.15, 0.2) is 5.78 Å². The molecule has 112 valence electrons. The van der Waals surface area contributed by atoms with E-state index in [1.165, 1.54) is 6.07 Å². The molecule has 1 unspecified atom stereocenters. The molecular formula is C15H14Cl3NO2. The molecule has 1 atom stereocenters. The minimum atomic E-state index is -1.75. The van der Waals surface area contributed by atoms with Crippen LogP contribution in [-0.2, 0) is 14.5 Å². The van der Waals surface area contributed by atoms with Gasteiger partial charge >= 0.3 is 0 Å². The molecule has 3 rings (SSSR count). The van der Waals surface area contributed by atoms with Crippen LogP contribution in [0.25, 0.3) is 0 Å². The second kappa shape index (κ2) is 5.15. The predicted octanol–water partition coefficient (Wildman–Crippen LogP) is 3.83. The predicted molar refractivity (Wildman–Crippen MR) is 83.0 cm³/mol. The Hall–Kier alpha value is -0.770. The summed E-state index contributed by atoms with van der Waals surface area (Å²) in [6.07, 6.45) is 4.16. The number of amides is 1. The zero-order chi connectivity index (χ0) is 15.3. The van der Waals surface area contributed by atoms with Gasteiger partial charge in [0.05, 0.1) is 0 Å². The fraction of sp³-hybridized carbons (Fsp3) is 0.467. The molecule has 1 amide bonds. The molecule has 1 aromatic rings. The van der Waals surface area contributed by atoms with E-state index in [-0.39, 0.29) is 10.8 Å². The maximum Gasteiger partial charge on any atom is 0.254 e. The fourth-order valence-electron chi connectivity index (χ4n) is 3.31. The van der Waals surface area contributed by atoms with Crippen LogP contribution in [0.1, 0.15) is 37.7 Å². The molecule has 0 radical (unpaired) electrons. The molecule has 3 nitrogen and oxygen atoms in total. The highest BCUT2D eigenvalue weighted by Crippen LogP contribution is 2.47. The normalized spacial score (nSPS) is 28.0. The molecule has 1 saturated carbocycles. The molecule has 1 spiro atoms. The fourth-order valence-corrected chi connectivity index (χ4v) is 4.31. The van der Waals surface area contributed by atoms with Crippen LogP contribution in [0.15, 0.2) is 18.2 Å². The Balaban J connectivity index is 2.08. The van der Waals surface area contributed by atoms with Crippen molar-refractivity contribution < 1.29 is 9.59 Å². The Morgan fingerprint density at radius 3 is 2.33 bits per heavy atom. The van der Waals surface area contributed by atoms with Crippen molar-refractivity contribution in [1.82, 2.24) is 5.32 Å². The third-order valence-corrected chi connectivity index (χ3v) is 5.52. The van der Waals surface area contributed by atoms with Gasteiger partial charge in [-0.15, -0.1) is 0 Å². The molecule has 2 aliphatic rings. The standard InChI is InChI=1S/C15H14Cl3NO2/c16-9-4-5-10(11(17)8-9)15(18)12(20)14(19-13(15)21)6-2-1-3-7-14/h4-5,8H,1-3,6-7H2,(H,19,21). The van der Waals surface area contributed by atoms with Crippen LogP contribution in [0.5, 0.6) is 0 Å². The largest absolute Gasteiger partial charge is 0.341 e. The topological polar surface area (TPSA) is 46.2 Å². The van der Waals surface area contributed by atoms with E-state index in [0.717, 1.165) is 19.3 Å². The number of benzene rings is 1. The highest BCUT2D eigenvalue weighted by atomic mass is 35.5. The van der Waals surface area contributed by atoms with Crippen molar-refractivity contribution in [2.75, 3.05) is 0 Å². The average Bonchev–Trinajstić information content (AvgIpc) is 2.62. The lowest BCUT2D eigenvalue weighted by Gasteiger charge is -2.32. The van der Waals surface area contributed by atoms with Crippen LogP contribution in [0.4, 0.5) is 0 Å². The van der Waals surface area contributed by atoms with Crippen molar-refractivity contribution in [2.24, 2.45) is 0 Å². The first-order chi connectivity index (χ1) is 9.90. The lowest BCUT2D eigenvalue weighted by Crippen LogP contribution is -2.48. The summed E-state index contributed by atoms with van der Waals surface area (Å²) < 4.78 is 0. The van der Waals surface area contributed by atoms with E-state index in [0.29, 0.717) is 23.4 Å². The number of carbonyl (C=O) groups excluding carboxylic acids is 2. The number of hydrogen-bond donors (Lipinski definition) is 1. The second-order valence-corrected chi connectivity index (χ2v) is 7.12. The van der Waals surface area contributed by atoms with Gasteiger partial charge in [0, 0.05) is 15.6 Å². The lowest BCUT2D eigenvalue weighted by molar-refractivity contribution is -0.127. The van der Waals surface area contributed by atoms with E-state index in [1.807, 2.05) is 0 Å². The summed E-state index contributed by atoms with van der Waals surface area (Å²) in [6.45, 7) is 0. The molecule has 1 heterocycles. The molecule has 6 heteroatoms. The Morgan fingerprint density at radius 1 is 1.05 bits per heavy atom. The van der Waals surface area contributed by atoms with Crippen molar-refractivity contribution in [3.05, 3.63) is 33.8 Å². The van der Waals surface area contributed by atoms with Crippen molar-refractivity contribution in [1.29, 1.82) is 0 Å². The van der Waals surface area contributed by atoms with Crippen LogP contribution in [0, 0.1) is 0 Å². The summed E-state index contributed by atoms with van der Waals surface area (Å²) >= 11 is 18.5. The molecule has 1 aliphatic heterocycles. The van der Waals surface area contributed by atoms with Gasteiger partial charge in [-0.2, -0.15) is 0 Å². The Morgan fingerprint density at radius 2 is 1.71 bits per heavy atom. The average molecular weight is 347 g/mol. The van der Waals surface area contributed by atoms with Gasteiger partial charge in [-0.3, -0.25) is 9.59 Å². The van der Waals surface area contributed by atoms with Gasteiger partial charge in [0.2, 0.25) is 4.87 Å². The van der Waals surface area contributed by atoms with Crippen molar-refractivity contribution >= 4 is 46.5 Å². The van der Waals surface area contributed by atoms with E-state index < -0.39 is 16.3 Å². The number of carbonyl (C=O) groups is 2. The number of rotatable bonds is 1. The molecule has 1 N–H and O–H groups in total. The maximum absolute atomic E-state index is 12.9. The lowest BCUT2D eigenvalue weighted by atomic mass is 9.76.